The zero-order chi connectivity index (χ0) is 7.40. The highest BCUT2D eigenvalue weighted by Crippen LogP contribution is 2.13. The lowest BCUT2D eigenvalue weighted by molar-refractivity contribution is 0.0551. The third kappa shape index (κ3) is 1.82. The highest BCUT2D eigenvalue weighted by molar-refractivity contribution is 7.98. The summed E-state index contributed by atoms with van der Waals surface area (Å²) in [6.45, 7) is 0.237. The first-order valence-corrected chi connectivity index (χ1v) is 4.35. The van der Waals surface area contributed by atoms with Gasteiger partial charge in [-0.25, -0.2) is 0 Å². The van der Waals surface area contributed by atoms with Gasteiger partial charge in [-0.1, -0.05) is 0 Å². The Kier molecular flexibility index (Phi) is 2.89. The molecule has 0 saturated carbocycles. The summed E-state index contributed by atoms with van der Waals surface area (Å²) in [6.07, 6.45) is 2.87. The van der Waals surface area contributed by atoms with E-state index in [1.165, 1.54) is 6.26 Å². The number of hydrogen-bond acceptors (Lipinski definition) is 4. The predicted molar refractivity (Wildman–Crippen MR) is 39.5 cm³/mol. The number of rotatable bonds is 3. The standard InChI is InChI=1S/C6H10O3S/c1-10-3-5(7)6-2-8-4-9-6/h2,5,7H,3-4H2,1H3. The molecule has 0 bridgehead atoms. The SMILES string of the molecule is CSCC(O)C1=COCO1. The Bertz CT molecular complexity index is 135. The zero-order valence-electron chi connectivity index (χ0n) is 5.74. The van der Waals surface area contributed by atoms with Gasteiger partial charge in [0.25, 0.3) is 0 Å². The van der Waals surface area contributed by atoms with Gasteiger partial charge in [-0.3, -0.25) is 0 Å². The second kappa shape index (κ2) is 3.73. The Labute approximate surface area is 64.0 Å². The smallest absolute Gasteiger partial charge is 0.230 e. The normalized spacial score (nSPS) is 19.2. The van der Waals surface area contributed by atoms with E-state index in [4.69, 9.17) is 9.47 Å². The van der Waals surface area contributed by atoms with Gasteiger partial charge in [-0.2, -0.15) is 11.8 Å². The molecule has 0 aromatic heterocycles. The van der Waals surface area contributed by atoms with E-state index in [1.54, 1.807) is 11.8 Å². The molecule has 0 spiro atoms. The van der Waals surface area contributed by atoms with E-state index in [2.05, 4.69) is 0 Å². The maximum Gasteiger partial charge on any atom is 0.230 e. The third-order valence-corrected chi connectivity index (χ3v) is 1.80. The molecule has 1 N–H and O–H groups in total. The predicted octanol–water partition coefficient (Wildman–Crippen LogP) is 0.556. The monoisotopic (exact) mass is 162 g/mol. The summed E-state index contributed by atoms with van der Waals surface area (Å²) >= 11 is 1.57. The van der Waals surface area contributed by atoms with Crippen molar-refractivity contribution in [1.29, 1.82) is 0 Å². The lowest BCUT2D eigenvalue weighted by Gasteiger charge is -2.06. The first kappa shape index (κ1) is 7.75. The summed E-state index contributed by atoms with van der Waals surface area (Å²) in [5, 5.41) is 9.25. The quantitative estimate of drug-likeness (QED) is 0.658. The molecular weight excluding hydrogens is 152 g/mol. The largest absolute Gasteiger partial charge is 0.462 e. The molecule has 1 heterocycles. The van der Waals surface area contributed by atoms with Crippen LogP contribution in [0, 0.1) is 0 Å². The molecule has 1 atom stereocenters. The molecule has 3 nitrogen and oxygen atoms in total. The summed E-state index contributed by atoms with van der Waals surface area (Å²) in [5.74, 6) is 1.18. The molecule has 1 aliphatic rings. The van der Waals surface area contributed by atoms with Crippen LogP contribution in [-0.4, -0.2) is 30.0 Å². The summed E-state index contributed by atoms with van der Waals surface area (Å²) in [7, 11) is 0. The van der Waals surface area contributed by atoms with Gasteiger partial charge in [0.1, 0.15) is 12.4 Å². The molecule has 0 radical (unpaired) electrons. The van der Waals surface area contributed by atoms with Crippen molar-refractivity contribution in [3.05, 3.63) is 12.0 Å². The van der Waals surface area contributed by atoms with E-state index < -0.39 is 6.10 Å². The molecule has 0 aromatic carbocycles. The number of aliphatic hydroxyl groups is 1. The van der Waals surface area contributed by atoms with Crippen LogP contribution in [0.2, 0.25) is 0 Å². The van der Waals surface area contributed by atoms with E-state index >= 15 is 0 Å². The summed E-state index contributed by atoms with van der Waals surface area (Å²) < 4.78 is 9.71. The van der Waals surface area contributed by atoms with Crippen molar-refractivity contribution < 1.29 is 14.6 Å². The van der Waals surface area contributed by atoms with Gasteiger partial charge in [0.15, 0.2) is 5.76 Å². The van der Waals surface area contributed by atoms with Crippen molar-refractivity contribution in [2.24, 2.45) is 0 Å². The fourth-order valence-electron chi connectivity index (χ4n) is 0.667. The van der Waals surface area contributed by atoms with Crippen molar-refractivity contribution in [2.75, 3.05) is 18.8 Å². The summed E-state index contributed by atoms with van der Waals surface area (Å²) in [4.78, 5) is 0. The van der Waals surface area contributed by atoms with Gasteiger partial charge in [0, 0.05) is 5.75 Å². The highest BCUT2D eigenvalue weighted by atomic mass is 32.2. The van der Waals surface area contributed by atoms with Crippen LogP contribution >= 0.6 is 11.8 Å². The number of ether oxygens (including phenoxy) is 2. The van der Waals surface area contributed by atoms with Gasteiger partial charge >= 0.3 is 0 Å². The van der Waals surface area contributed by atoms with Gasteiger partial charge in [0.2, 0.25) is 6.79 Å². The molecule has 1 rings (SSSR count). The van der Waals surface area contributed by atoms with Crippen LogP contribution in [0.4, 0.5) is 0 Å². The lowest BCUT2D eigenvalue weighted by atomic mass is 10.3. The van der Waals surface area contributed by atoms with Crippen LogP contribution in [-0.2, 0) is 9.47 Å². The molecule has 4 heteroatoms. The average Bonchev–Trinajstić information content (AvgIpc) is 2.38. The maximum atomic E-state index is 9.25. The molecule has 10 heavy (non-hydrogen) atoms. The lowest BCUT2D eigenvalue weighted by Crippen LogP contribution is -2.13. The minimum absolute atomic E-state index is 0.237. The van der Waals surface area contributed by atoms with Crippen molar-refractivity contribution in [2.45, 2.75) is 6.10 Å². The third-order valence-electron chi connectivity index (χ3n) is 1.15. The van der Waals surface area contributed by atoms with Gasteiger partial charge in [-0.05, 0) is 6.26 Å². The molecule has 0 fully saturated rings. The second-order valence-electron chi connectivity index (χ2n) is 1.92. The van der Waals surface area contributed by atoms with E-state index in [1.807, 2.05) is 6.26 Å². The first-order valence-electron chi connectivity index (χ1n) is 2.96. The molecule has 0 aromatic rings. The fourth-order valence-corrected chi connectivity index (χ4v) is 1.15. The molecular formula is C6H10O3S. The van der Waals surface area contributed by atoms with E-state index in [0.717, 1.165) is 0 Å². The Morgan fingerprint density at radius 3 is 3.20 bits per heavy atom. The Morgan fingerprint density at radius 1 is 1.90 bits per heavy atom. The summed E-state index contributed by atoms with van der Waals surface area (Å²) in [6, 6.07) is 0. The highest BCUT2D eigenvalue weighted by Gasteiger charge is 2.15. The van der Waals surface area contributed by atoms with Crippen LogP contribution in [0.3, 0.4) is 0 Å². The van der Waals surface area contributed by atoms with Gasteiger partial charge in [0.05, 0.1) is 0 Å². The minimum atomic E-state index is -0.516. The van der Waals surface area contributed by atoms with Gasteiger partial charge in [-0.15, -0.1) is 0 Å². The zero-order valence-corrected chi connectivity index (χ0v) is 6.56. The maximum absolute atomic E-state index is 9.25. The van der Waals surface area contributed by atoms with Gasteiger partial charge < -0.3 is 14.6 Å². The Balaban J connectivity index is 2.32. The van der Waals surface area contributed by atoms with Crippen molar-refractivity contribution >= 4 is 11.8 Å². The topological polar surface area (TPSA) is 38.7 Å². The Hall–Kier alpha value is -0.350. The molecule has 58 valence electrons. The Morgan fingerprint density at radius 2 is 2.70 bits per heavy atom. The van der Waals surface area contributed by atoms with E-state index in [9.17, 15) is 5.11 Å². The molecule has 1 unspecified atom stereocenters. The van der Waals surface area contributed by atoms with E-state index in [-0.39, 0.29) is 6.79 Å². The first-order chi connectivity index (χ1) is 4.84. The van der Waals surface area contributed by atoms with Crippen molar-refractivity contribution in [1.82, 2.24) is 0 Å². The number of thioether (sulfide) groups is 1. The summed E-state index contributed by atoms with van der Waals surface area (Å²) in [5.41, 5.74) is 0. The van der Waals surface area contributed by atoms with Crippen LogP contribution in [0.15, 0.2) is 12.0 Å². The molecule has 0 amide bonds. The van der Waals surface area contributed by atoms with E-state index in [0.29, 0.717) is 11.5 Å². The van der Waals surface area contributed by atoms with Crippen LogP contribution in [0.5, 0.6) is 0 Å². The van der Waals surface area contributed by atoms with Crippen LogP contribution in [0.1, 0.15) is 0 Å². The molecule has 0 aliphatic carbocycles. The fraction of sp³-hybridized carbons (Fsp3) is 0.667. The van der Waals surface area contributed by atoms with Crippen LogP contribution < -0.4 is 0 Å². The van der Waals surface area contributed by atoms with Crippen molar-refractivity contribution in [3.8, 4) is 0 Å². The number of hydrogen-bond donors (Lipinski definition) is 1. The van der Waals surface area contributed by atoms with Crippen molar-refractivity contribution in [3.63, 3.8) is 0 Å². The number of aliphatic hydroxyl groups excluding tert-OH is 1. The van der Waals surface area contributed by atoms with Crippen LogP contribution in [0.25, 0.3) is 0 Å². The minimum Gasteiger partial charge on any atom is -0.462 e. The average molecular weight is 162 g/mol. The molecule has 1 aliphatic heterocycles. The second-order valence-corrected chi connectivity index (χ2v) is 2.83. The molecule has 0 saturated heterocycles.